The van der Waals surface area contributed by atoms with Crippen molar-refractivity contribution in [3.63, 3.8) is 0 Å². The summed E-state index contributed by atoms with van der Waals surface area (Å²) in [6.45, 7) is 8.40. The molecule has 0 unspecified atom stereocenters. The lowest BCUT2D eigenvalue weighted by atomic mass is 9.75. The second-order valence-electron chi connectivity index (χ2n) is 9.66. The minimum absolute atomic E-state index is 0.140. The van der Waals surface area contributed by atoms with Gasteiger partial charge in [-0.25, -0.2) is 0 Å². The quantitative estimate of drug-likeness (QED) is 0.706. The number of amides is 1. The van der Waals surface area contributed by atoms with Crippen LogP contribution in [0.1, 0.15) is 69.2 Å². The molecule has 1 aromatic carbocycles. The van der Waals surface area contributed by atoms with Crippen LogP contribution in [0.15, 0.2) is 18.2 Å². The van der Waals surface area contributed by atoms with Crippen molar-refractivity contribution in [1.29, 1.82) is 0 Å². The van der Waals surface area contributed by atoms with Crippen LogP contribution >= 0.6 is 0 Å². The predicted octanol–water partition coefficient (Wildman–Crippen LogP) is 4.60. The molecule has 1 saturated carbocycles. The predicted molar refractivity (Wildman–Crippen MR) is 119 cm³/mol. The van der Waals surface area contributed by atoms with Gasteiger partial charge in [0.25, 0.3) is 5.91 Å². The van der Waals surface area contributed by atoms with Crippen molar-refractivity contribution in [2.24, 2.45) is 11.8 Å². The van der Waals surface area contributed by atoms with Crippen molar-refractivity contribution in [3.05, 3.63) is 23.8 Å². The first-order valence-corrected chi connectivity index (χ1v) is 11.9. The molecular weight excluding hydrogens is 376 g/mol. The fraction of sp³-hybridized carbons (Fsp3) is 0.720. The van der Waals surface area contributed by atoms with Crippen LogP contribution in [0.5, 0.6) is 11.5 Å². The largest absolute Gasteiger partial charge is 0.493 e. The van der Waals surface area contributed by atoms with Gasteiger partial charge >= 0.3 is 0 Å². The van der Waals surface area contributed by atoms with Gasteiger partial charge in [0.2, 0.25) is 0 Å². The number of rotatable bonds is 5. The van der Waals surface area contributed by atoms with Gasteiger partial charge in [-0.05, 0) is 69.6 Å². The normalized spacial score (nSPS) is 25.8. The zero-order chi connectivity index (χ0) is 21.1. The van der Waals surface area contributed by atoms with E-state index in [9.17, 15) is 4.79 Å². The molecule has 0 radical (unpaired) electrons. The van der Waals surface area contributed by atoms with E-state index in [1.807, 2.05) is 18.2 Å². The highest BCUT2D eigenvalue weighted by molar-refractivity contribution is 5.95. The van der Waals surface area contributed by atoms with E-state index in [1.165, 1.54) is 25.7 Å². The Morgan fingerprint density at radius 2 is 1.70 bits per heavy atom. The van der Waals surface area contributed by atoms with E-state index in [4.69, 9.17) is 9.47 Å². The minimum Gasteiger partial charge on any atom is -0.493 e. The Labute approximate surface area is 181 Å². The van der Waals surface area contributed by atoms with Crippen molar-refractivity contribution >= 4 is 5.91 Å². The Hall–Kier alpha value is -1.75. The van der Waals surface area contributed by atoms with Crippen molar-refractivity contribution in [2.45, 2.75) is 70.9 Å². The van der Waals surface area contributed by atoms with Crippen molar-refractivity contribution in [3.8, 4) is 11.5 Å². The van der Waals surface area contributed by atoms with Crippen LogP contribution in [0.3, 0.4) is 0 Å². The van der Waals surface area contributed by atoms with E-state index in [0.29, 0.717) is 23.5 Å². The summed E-state index contributed by atoms with van der Waals surface area (Å²) in [7, 11) is 1.67. The molecule has 2 atom stereocenters. The van der Waals surface area contributed by atoms with E-state index in [1.54, 1.807) is 7.11 Å². The Morgan fingerprint density at radius 3 is 2.40 bits per heavy atom. The second kappa shape index (κ2) is 9.59. The molecule has 1 aromatic rings. The number of carbonyl (C=O) groups excluding carboxylic acids is 1. The van der Waals surface area contributed by atoms with Crippen LogP contribution in [-0.4, -0.2) is 61.1 Å². The second-order valence-corrected chi connectivity index (χ2v) is 9.66. The molecule has 0 bridgehead atoms. The summed E-state index contributed by atoms with van der Waals surface area (Å²) in [6.07, 6.45) is 8.66. The van der Waals surface area contributed by atoms with Crippen LogP contribution < -0.4 is 9.47 Å². The SMILES string of the molecule is COc1ccc(C(=O)N2CC[C@@H]3CCCC[C@H]3C2)cc1OC1CCN(C(C)C)CC1. The smallest absolute Gasteiger partial charge is 0.254 e. The molecule has 5 nitrogen and oxygen atoms in total. The molecular formula is C25H38N2O3. The maximum atomic E-state index is 13.3. The van der Waals surface area contributed by atoms with Crippen LogP contribution in [0.2, 0.25) is 0 Å². The maximum Gasteiger partial charge on any atom is 0.254 e. The summed E-state index contributed by atoms with van der Waals surface area (Å²) < 4.78 is 11.9. The summed E-state index contributed by atoms with van der Waals surface area (Å²) in [5.74, 6) is 3.08. The van der Waals surface area contributed by atoms with Crippen LogP contribution in [0, 0.1) is 11.8 Å². The summed E-state index contributed by atoms with van der Waals surface area (Å²) in [5.41, 5.74) is 0.722. The van der Waals surface area contributed by atoms with Gasteiger partial charge in [-0.3, -0.25) is 4.79 Å². The molecule has 5 heteroatoms. The van der Waals surface area contributed by atoms with Gasteiger partial charge in [-0.1, -0.05) is 19.3 Å². The number of carbonyl (C=O) groups is 1. The lowest BCUT2D eigenvalue weighted by molar-refractivity contribution is 0.0519. The van der Waals surface area contributed by atoms with E-state index >= 15 is 0 Å². The third-order valence-corrected chi connectivity index (χ3v) is 7.49. The Kier molecular flexibility index (Phi) is 6.87. The molecule has 30 heavy (non-hydrogen) atoms. The van der Waals surface area contributed by atoms with Gasteiger partial charge in [0, 0.05) is 37.8 Å². The summed E-state index contributed by atoms with van der Waals surface area (Å²) in [4.78, 5) is 17.8. The fourth-order valence-corrected chi connectivity index (χ4v) is 5.56. The summed E-state index contributed by atoms with van der Waals surface area (Å²) in [5, 5.41) is 0. The van der Waals surface area contributed by atoms with E-state index in [-0.39, 0.29) is 12.0 Å². The first-order valence-electron chi connectivity index (χ1n) is 11.9. The Bertz CT molecular complexity index is 727. The van der Waals surface area contributed by atoms with Gasteiger partial charge in [-0.15, -0.1) is 0 Å². The summed E-state index contributed by atoms with van der Waals surface area (Å²) in [6, 6.07) is 6.26. The molecule has 3 fully saturated rings. The number of hydrogen-bond donors (Lipinski definition) is 0. The third kappa shape index (κ3) is 4.77. The first kappa shape index (κ1) is 21.5. The lowest BCUT2D eigenvalue weighted by Crippen LogP contribution is -2.44. The highest BCUT2D eigenvalue weighted by Crippen LogP contribution is 2.37. The molecule has 166 valence electrons. The molecule has 2 aliphatic heterocycles. The van der Waals surface area contributed by atoms with Crippen LogP contribution in [0.25, 0.3) is 0 Å². The maximum absolute atomic E-state index is 13.3. The van der Waals surface area contributed by atoms with Gasteiger partial charge in [-0.2, -0.15) is 0 Å². The number of benzene rings is 1. The number of likely N-dealkylation sites (tertiary alicyclic amines) is 2. The van der Waals surface area contributed by atoms with Crippen molar-refractivity contribution < 1.29 is 14.3 Å². The molecule has 0 aromatic heterocycles. The number of hydrogen-bond acceptors (Lipinski definition) is 4. The molecule has 2 saturated heterocycles. The number of nitrogens with zero attached hydrogens (tertiary/aromatic N) is 2. The highest BCUT2D eigenvalue weighted by atomic mass is 16.5. The van der Waals surface area contributed by atoms with Gasteiger partial charge < -0.3 is 19.3 Å². The molecule has 0 N–H and O–H groups in total. The van der Waals surface area contributed by atoms with E-state index in [2.05, 4.69) is 23.6 Å². The number of methoxy groups -OCH3 is 1. The van der Waals surface area contributed by atoms with Gasteiger partial charge in [0.1, 0.15) is 6.10 Å². The summed E-state index contributed by atoms with van der Waals surface area (Å²) >= 11 is 0. The zero-order valence-corrected chi connectivity index (χ0v) is 18.9. The topological polar surface area (TPSA) is 42.0 Å². The fourth-order valence-electron chi connectivity index (χ4n) is 5.56. The van der Waals surface area contributed by atoms with Gasteiger partial charge in [0.15, 0.2) is 11.5 Å². The Balaban J connectivity index is 1.42. The monoisotopic (exact) mass is 414 g/mol. The van der Waals surface area contributed by atoms with E-state index < -0.39 is 0 Å². The molecule has 0 spiro atoms. The average molecular weight is 415 g/mol. The van der Waals surface area contributed by atoms with Gasteiger partial charge in [0.05, 0.1) is 7.11 Å². The minimum atomic E-state index is 0.140. The zero-order valence-electron chi connectivity index (χ0n) is 18.9. The standard InChI is InChI=1S/C25H38N2O3/c1-18(2)26-14-11-22(12-15-26)30-24-16-20(8-9-23(24)29-3)25(28)27-13-10-19-6-4-5-7-21(19)17-27/h8-9,16,18-19,21-22H,4-7,10-15,17H2,1-3H3/t19-,21-/m0/s1. The van der Waals surface area contributed by atoms with Crippen LogP contribution in [-0.2, 0) is 0 Å². The third-order valence-electron chi connectivity index (χ3n) is 7.49. The van der Waals surface area contributed by atoms with Crippen LogP contribution in [0.4, 0.5) is 0 Å². The number of piperidine rings is 2. The average Bonchev–Trinajstić information content (AvgIpc) is 2.78. The highest BCUT2D eigenvalue weighted by Gasteiger charge is 2.33. The Morgan fingerprint density at radius 1 is 0.967 bits per heavy atom. The van der Waals surface area contributed by atoms with Crippen molar-refractivity contribution in [1.82, 2.24) is 9.80 Å². The molecule has 3 aliphatic rings. The van der Waals surface area contributed by atoms with Crippen molar-refractivity contribution in [2.75, 3.05) is 33.3 Å². The molecule has 2 heterocycles. The lowest BCUT2D eigenvalue weighted by Gasteiger charge is -2.41. The number of fused-ring (bicyclic) bond motifs is 1. The van der Waals surface area contributed by atoms with E-state index in [0.717, 1.165) is 56.9 Å². The molecule has 4 rings (SSSR count). The first-order chi connectivity index (χ1) is 14.5. The number of ether oxygens (including phenoxy) is 2. The molecule has 1 amide bonds. The molecule has 1 aliphatic carbocycles.